The van der Waals surface area contributed by atoms with Crippen molar-refractivity contribution in [2.75, 3.05) is 26.4 Å². The molecule has 1 aliphatic heterocycles. The van der Waals surface area contributed by atoms with Crippen LogP contribution in [0.4, 0.5) is 0 Å². The quantitative estimate of drug-likeness (QED) is 0.585. The van der Waals surface area contributed by atoms with E-state index in [-0.39, 0.29) is 0 Å². The lowest BCUT2D eigenvalue weighted by molar-refractivity contribution is -0.0334. The number of alkyl halides is 3. The Labute approximate surface area is 81.7 Å². The Morgan fingerprint density at radius 1 is 0.909 bits per heavy atom. The van der Waals surface area contributed by atoms with Gasteiger partial charge in [0, 0.05) is 0 Å². The van der Waals surface area contributed by atoms with E-state index in [1.54, 1.807) is 0 Å². The zero-order chi connectivity index (χ0) is 8.74. The average Bonchev–Trinajstić information content (AvgIpc) is 1.88. The van der Waals surface area contributed by atoms with Crippen LogP contribution in [0, 0.1) is 0 Å². The predicted molar refractivity (Wildman–Crippen MR) is 47.6 cm³/mol. The summed E-state index contributed by atoms with van der Waals surface area (Å²) in [6.45, 7) is 4.59. The van der Waals surface area contributed by atoms with Gasteiger partial charge in [-0.15, -0.1) is 0 Å². The Morgan fingerprint density at radius 2 is 1.09 bits per heavy atom. The highest BCUT2D eigenvalue weighted by Crippen LogP contribution is 2.23. The Balaban J connectivity index is 0.000000187. The van der Waals surface area contributed by atoms with Crippen LogP contribution in [0.5, 0.6) is 0 Å². The van der Waals surface area contributed by atoms with Crippen LogP contribution in [0.1, 0.15) is 6.92 Å². The van der Waals surface area contributed by atoms with Crippen molar-refractivity contribution >= 4 is 34.8 Å². The van der Waals surface area contributed by atoms with Gasteiger partial charge in [0.2, 0.25) is 0 Å². The first kappa shape index (κ1) is 11.8. The average molecular weight is 222 g/mol. The van der Waals surface area contributed by atoms with Gasteiger partial charge in [-0.05, 0) is 6.92 Å². The second-order valence-corrected chi connectivity index (χ2v) is 4.85. The molecule has 11 heavy (non-hydrogen) atoms. The molecule has 1 rings (SSSR count). The van der Waals surface area contributed by atoms with Crippen LogP contribution in [-0.2, 0) is 9.47 Å². The molecule has 5 heteroatoms. The maximum atomic E-state index is 5.06. The lowest BCUT2D eigenvalue weighted by Crippen LogP contribution is -2.16. The topological polar surface area (TPSA) is 18.5 Å². The summed E-state index contributed by atoms with van der Waals surface area (Å²) >= 11 is 15.2. The van der Waals surface area contributed by atoms with Gasteiger partial charge in [0.25, 0.3) is 0 Å². The molecule has 68 valence electrons. The van der Waals surface area contributed by atoms with E-state index in [2.05, 4.69) is 0 Å². The van der Waals surface area contributed by atoms with Gasteiger partial charge >= 0.3 is 0 Å². The standard InChI is InChI=1S/C4H8O2.C2H3Cl3/c1-2-6-4-3-5-1;1-2(3,4)5/h1-4H2;1H3. The Hall–Kier alpha value is 0.790. The molecule has 0 saturated carbocycles. The summed E-state index contributed by atoms with van der Waals surface area (Å²) in [5.41, 5.74) is 0. The first-order chi connectivity index (χ1) is 5.00. The monoisotopic (exact) mass is 220 g/mol. The highest BCUT2D eigenvalue weighted by atomic mass is 35.6. The van der Waals surface area contributed by atoms with E-state index in [4.69, 9.17) is 44.3 Å². The molecule has 0 aromatic rings. The molecule has 1 aliphatic rings. The summed E-state index contributed by atoms with van der Waals surface area (Å²) < 4.78 is 8.81. The molecule has 1 heterocycles. The number of ether oxygens (including phenoxy) is 2. The van der Waals surface area contributed by atoms with Crippen molar-refractivity contribution in [1.29, 1.82) is 0 Å². The summed E-state index contributed by atoms with van der Waals surface area (Å²) in [5, 5.41) is 0. The Morgan fingerprint density at radius 3 is 1.18 bits per heavy atom. The molecule has 0 amide bonds. The van der Waals surface area contributed by atoms with Crippen LogP contribution < -0.4 is 0 Å². The fourth-order valence-electron chi connectivity index (χ4n) is 0.440. The maximum Gasteiger partial charge on any atom is 0.187 e. The van der Waals surface area contributed by atoms with Crippen molar-refractivity contribution in [3.63, 3.8) is 0 Å². The number of halogens is 3. The van der Waals surface area contributed by atoms with Gasteiger partial charge in [-0.25, -0.2) is 0 Å². The lowest BCUT2D eigenvalue weighted by Gasteiger charge is -2.09. The van der Waals surface area contributed by atoms with Crippen LogP contribution in [0.15, 0.2) is 0 Å². The molecule has 1 fully saturated rings. The van der Waals surface area contributed by atoms with Crippen LogP contribution >= 0.6 is 34.8 Å². The molecule has 0 aliphatic carbocycles. The van der Waals surface area contributed by atoms with Crippen molar-refractivity contribution in [3.05, 3.63) is 0 Å². The fraction of sp³-hybridized carbons (Fsp3) is 1.00. The zero-order valence-corrected chi connectivity index (χ0v) is 8.55. The van der Waals surface area contributed by atoms with Gasteiger partial charge in [0.15, 0.2) is 3.79 Å². The van der Waals surface area contributed by atoms with Gasteiger partial charge < -0.3 is 9.47 Å². The van der Waals surface area contributed by atoms with E-state index in [9.17, 15) is 0 Å². The molecule has 0 aromatic carbocycles. The predicted octanol–water partition coefficient (Wildman–Crippen LogP) is 2.41. The third kappa shape index (κ3) is 18.1. The summed E-state index contributed by atoms with van der Waals surface area (Å²) in [6.07, 6.45) is 0. The lowest BCUT2D eigenvalue weighted by atomic mass is 10.6. The minimum atomic E-state index is -1.08. The second kappa shape index (κ2) is 6.32. The summed E-state index contributed by atoms with van der Waals surface area (Å²) in [6, 6.07) is 0. The Bertz CT molecular complexity index is 70.8. The van der Waals surface area contributed by atoms with Crippen LogP contribution in [0.2, 0.25) is 0 Å². The van der Waals surface area contributed by atoms with Crippen molar-refractivity contribution in [1.82, 2.24) is 0 Å². The molecule has 0 spiro atoms. The van der Waals surface area contributed by atoms with E-state index in [0.717, 1.165) is 26.4 Å². The molecule has 0 atom stereocenters. The van der Waals surface area contributed by atoms with Gasteiger partial charge in [-0.2, -0.15) is 0 Å². The van der Waals surface area contributed by atoms with Gasteiger partial charge in [-0.3, -0.25) is 0 Å². The molecular weight excluding hydrogens is 210 g/mol. The van der Waals surface area contributed by atoms with E-state index in [1.807, 2.05) is 0 Å². The van der Waals surface area contributed by atoms with Crippen LogP contribution in [0.3, 0.4) is 0 Å². The minimum absolute atomic E-state index is 0.778. The molecule has 0 radical (unpaired) electrons. The normalized spacial score (nSPS) is 18.5. The third-order valence-electron chi connectivity index (χ3n) is 0.744. The molecule has 1 saturated heterocycles. The van der Waals surface area contributed by atoms with Crippen molar-refractivity contribution in [2.24, 2.45) is 0 Å². The molecular formula is C6H11Cl3O2. The van der Waals surface area contributed by atoms with E-state index < -0.39 is 3.79 Å². The minimum Gasteiger partial charge on any atom is -0.377 e. The fourth-order valence-corrected chi connectivity index (χ4v) is 0.440. The molecule has 2 nitrogen and oxygen atoms in total. The number of hydrogen-bond acceptors (Lipinski definition) is 2. The largest absolute Gasteiger partial charge is 0.377 e. The molecule has 0 aromatic heterocycles. The van der Waals surface area contributed by atoms with Crippen molar-refractivity contribution in [3.8, 4) is 0 Å². The highest BCUT2D eigenvalue weighted by Gasteiger charge is 2.07. The molecule has 0 unspecified atom stereocenters. The highest BCUT2D eigenvalue weighted by molar-refractivity contribution is 6.67. The van der Waals surface area contributed by atoms with Crippen LogP contribution in [-0.4, -0.2) is 30.2 Å². The number of hydrogen-bond donors (Lipinski definition) is 0. The maximum absolute atomic E-state index is 5.06. The zero-order valence-electron chi connectivity index (χ0n) is 6.28. The van der Waals surface area contributed by atoms with E-state index in [1.165, 1.54) is 6.92 Å². The first-order valence-corrected chi connectivity index (χ1v) is 4.36. The summed E-state index contributed by atoms with van der Waals surface area (Å²) in [4.78, 5) is 0. The SMILES string of the molecule is C1COCCO1.CC(Cl)(Cl)Cl. The first-order valence-electron chi connectivity index (χ1n) is 3.22. The van der Waals surface area contributed by atoms with Crippen molar-refractivity contribution in [2.45, 2.75) is 10.7 Å². The molecule has 0 N–H and O–H groups in total. The number of rotatable bonds is 0. The third-order valence-corrected chi connectivity index (χ3v) is 0.744. The second-order valence-electron chi connectivity index (χ2n) is 2.01. The van der Waals surface area contributed by atoms with Crippen LogP contribution in [0.25, 0.3) is 0 Å². The Kier molecular flexibility index (Phi) is 6.78. The van der Waals surface area contributed by atoms with E-state index >= 15 is 0 Å². The summed E-state index contributed by atoms with van der Waals surface area (Å²) in [7, 11) is 0. The van der Waals surface area contributed by atoms with Gasteiger partial charge in [-0.1, -0.05) is 34.8 Å². The van der Waals surface area contributed by atoms with E-state index in [0.29, 0.717) is 0 Å². The summed E-state index contributed by atoms with van der Waals surface area (Å²) in [5.74, 6) is 0. The van der Waals surface area contributed by atoms with Gasteiger partial charge in [0.05, 0.1) is 26.4 Å². The van der Waals surface area contributed by atoms with Crippen molar-refractivity contribution < 1.29 is 9.47 Å². The molecule has 0 bridgehead atoms. The van der Waals surface area contributed by atoms with Gasteiger partial charge in [0.1, 0.15) is 0 Å². The smallest absolute Gasteiger partial charge is 0.187 e.